The molecule has 17 heavy (non-hydrogen) atoms. The molecule has 0 bridgehead atoms. The van der Waals surface area contributed by atoms with E-state index in [1.54, 1.807) is 0 Å². The topological polar surface area (TPSA) is 123 Å². The van der Waals surface area contributed by atoms with E-state index in [0.717, 1.165) is 6.07 Å². The second-order valence-corrected chi connectivity index (χ2v) is 3.84. The second-order valence-electron chi connectivity index (χ2n) is 3.48. The summed E-state index contributed by atoms with van der Waals surface area (Å²) in [5, 5.41) is 29.5. The van der Waals surface area contributed by atoms with Gasteiger partial charge >= 0.3 is 5.69 Å². The summed E-state index contributed by atoms with van der Waals surface area (Å²) in [6.07, 6.45) is -2.54. The van der Waals surface area contributed by atoms with E-state index >= 15 is 0 Å². The fourth-order valence-corrected chi connectivity index (χ4v) is 1.59. The number of hydrogen-bond acceptors (Lipinski definition) is 6. The quantitative estimate of drug-likeness (QED) is 0.407. The number of nitro groups is 1. The minimum absolute atomic E-state index is 0.138. The summed E-state index contributed by atoms with van der Waals surface area (Å²) in [6, 6.07) is 1.09. The van der Waals surface area contributed by atoms with Gasteiger partial charge in [-0.05, 0) is 6.92 Å². The van der Waals surface area contributed by atoms with Crippen LogP contribution in [-0.2, 0) is 0 Å². The second kappa shape index (κ2) is 5.37. The number of nitrogens with two attached hydrogens (primary N) is 1. The molecule has 1 heterocycles. The zero-order valence-corrected chi connectivity index (χ0v) is 9.76. The average molecular weight is 262 g/mol. The summed E-state index contributed by atoms with van der Waals surface area (Å²) in [5.41, 5.74) is 5.22. The minimum atomic E-state index is -1.33. The molecule has 0 spiro atoms. The third-order valence-corrected chi connectivity index (χ3v) is 2.59. The first-order chi connectivity index (χ1) is 7.88. The smallest absolute Gasteiger partial charge is 0.306 e. The molecular weight excluding hydrogens is 250 g/mol. The number of pyridine rings is 1. The Morgan fingerprint density at radius 2 is 2.24 bits per heavy atom. The molecule has 4 N–H and O–H groups in total. The predicted molar refractivity (Wildman–Crippen MR) is 60.7 cm³/mol. The molecule has 94 valence electrons. The highest BCUT2D eigenvalue weighted by molar-refractivity contribution is 6.31. The van der Waals surface area contributed by atoms with Crippen LogP contribution in [0.2, 0.25) is 5.15 Å². The number of nitrogens with zero attached hydrogens (tertiary/aromatic N) is 2. The maximum Gasteiger partial charge on any atom is 0.306 e. The van der Waals surface area contributed by atoms with Crippen molar-refractivity contribution in [3.63, 3.8) is 0 Å². The lowest BCUT2D eigenvalue weighted by molar-refractivity contribution is -0.385. The number of rotatable bonds is 4. The molecule has 0 saturated heterocycles. The van der Waals surface area contributed by atoms with Gasteiger partial charge in [0.05, 0.1) is 11.0 Å². The third-order valence-electron chi connectivity index (χ3n) is 2.31. The van der Waals surface area contributed by atoms with E-state index in [4.69, 9.17) is 17.3 Å². The maximum atomic E-state index is 10.7. The van der Waals surface area contributed by atoms with Gasteiger partial charge in [-0.15, -0.1) is 0 Å². The predicted octanol–water partition coefficient (Wildman–Crippen LogP) is 0.305. The van der Waals surface area contributed by atoms with Crippen LogP contribution in [0.3, 0.4) is 0 Å². The van der Waals surface area contributed by atoms with E-state index in [2.05, 4.69) is 4.98 Å². The molecule has 0 fully saturated rings. The number of aryl methyl sites for hydroxylation is 1. The van der Waals surface area contributed by atoms with Gasteiger partial charge in [-0.25, -0.2) is 4.98 Å². The van der Waals surface area contributed by atoms with Crippen molar-refractivity contribution in [2.75, 3.05) is 6.54 Å². The third kappa shape index (κ3) is 2.89. The lowest BCUT2D eigenvalue weighted by Gasteiger charge is -2.17. The van der Waals surface area contributed by atoms with Crippen LogP contribution in [0.15, 0.2) is 6.07 Å². The molecule has 2 atom stereocenters. The van der Waals surface area contributed by atoms with Crippen molar-refractivity contribution in [3.8, 4) is 0 Å². The fraction of sp³-hybridized carbons (Fsp3) is 0.444. The molecule has 1 aromatic heterocycles. The molecule has 0 aliphatic rings. The molecule has 7 nitrogen and oxygen atoms in total. The lowest BCUT2D eigenvalue weighted by atomic mass is 10.0. The zero-order valence-electron chi connectivity index (χ0n) is 9.00. The van der Waals surface area contributed by atoms with Crippen molar-refractivity contribution in [3.05, 3.63) is 32.6 Å². The van der Waals surface area contributed by atoms with Gasteiger partial charge in [0.1, 0.15) is 6.10 Å². The van der Waals surface area contributed by atoms with E-state index in [-0.39, 0.29) is 17.3 Å². The summed E-state index contributed by atoms with van der Waals surface area (Å²) in [4.78, 5) is 13.7. The van der Waals surface area contributed by atoms with E-state index in [0.29, 0.717) is 5.69 Å². The van der Waals surface area contributed by atoms with E-state index in [1.165, 1.54) is 6.92 Å². The van der Waals surface area contributed by atoms with Crippen molar-refractivity contribution in [2.24, 2.45) is 5.73 Å². The van der Waals surface area contributed by atoms with Gasteiger partial charge in [0.2, 0.25) is 5.15 Å². The largest absolute Gasteiger partial charge is 0.389 e. The van der Waals surface area contributed by atoms with E-state index < -0.39 is 22.8 Å². The monoisotopic (exact) mass is 261 g/mol. The fourth-order valence-electron chi connectivity index (χ4n) is 1.34. The highest BCUT2D eigenvalue weighted by atomic mass is 35.5. The molecule has 0 aliphatic carbocycles. The van der Waals surface area contributed by atoms with Gasteiger partial charge in [-0.1, -0.05) is 11.6 Å². The standard InChI is InChI=1S/C9H12ClN3O4/c1-4-5(8(15)7(14)3-11)2-6(13(16)17)9(10)12-4/h2,7-8,14-15H,3,11H2,1H3. The van der Waals surface area contributed by atoms with Crippen molar-refractivity contribution >= 4 is 17.3 Å². The number of aliphatic hydroxyl groups is 2. The molecule has 1 aromatic rings. The SMILES string of the molecule is Cc1nc(Cl)c([N+](=O)[O-])cc1C(O)C(O)CN. The summed E-state index contributed by atoms with van der Waals surface area (Å²) < 4.78 is 0. The Kier molecular flexibility index (Phi) is 4.35. The molecule has 1 rings (SSSR count). The van der Waals surface area contributed by atoms with Crippen molar-refractivity contribution in [2.45, 2.75) is 19.1 Å². The summed E-state index contributed by atoms with van der Waals surface area (Å²) in [7, 11) is 0. The molecule has 0 aliphatic heterocycles. The Labute approximate surface area is 102 Å². The zero-order chi connectivity index (χ0) is 13.2. The molecule has 8 heteroatoms. The van der Waals surface area contributed by atoms with Gasteiger partial charge in [0.15, 0.2) is 0 Å². The Bertz CT molecular complexity index is 440. The highest BCUT2D eigenvalue weighted by Gasteiger charge is 2.24. The molecule has 0 radical (unpaired) electrons. The minimum Gasteiger partial charge on any atom is -0.389 e. The van der Waals surface area contributed by atoms with E-state index in [1.807, 2.05) is 0 Å². The van der Waals surface area contributed by atoms with Crippen molar-refractivity contribution in [1.82, 2.24) is 4.98 Å². The molecule has 0 aromatic carbocycles. The van der Waals surface area contributed by atoms with E-state index in [9.17, 15) is 20.3 Å². The van der Waals surface area contributed by atoms with Gasteiger partial charge in [0.25, 0.3) is 0 Å². The Morgan fingerprint density at radius 3 is 2.71 bits per heavy atom. The molecule has 0 saturated carbocycles. The molecule has 2 unspecified atom stereocenters. The van der Waals surface area contributed by atoms with Crippen molar-refractivity contribution < 1.29 is 15.1 Å². The van der Waals surface area contributed by atoms with Crippen molar-refractivity contribution in [1.29, 1.82) is 0 Å². The van der Waals surface area contributed by atoms with Gasteiger partial charge in [-0.2, -0.15) is 0 Å². The Balaban J connectivity index is 3.24. The first-order valence-electron chi connectivity index (χ1n) is 4.76. The summed E-state index contributed by atoms with van der Waals surface area (Å²) >= 11 is 5.59. The lowest BCUT2D eigenvalue weighted by Crippen LogP contribution is -2.27. The number of aromatic nitrogens is 1. The highest BCUT2D eigenvalue weighted by Crippen LogP contribution is 2.29. The van der Waals surface area contributed by atoms with Crippen LogP contribution in [0.5, 0.6) is 0 Å². The van der Waals surface area contributed by atoms with Gasteiger partial charge in [-0.3, -0.25) is 10.1 Å². The first-order valence-corrected chi connectivity index (χ1v) is 5.14. The van der Waals surface area contributed by atoms with Crippen LogP contribution in [0.25, 0.3) is 0 Å². The normalized spacial score (nSPS) is 14.4. The van der Waals surface area contributed by atoms with Crippen LogP contribution < -0.4 is 5.73 Å². The molecule has 0 amide bonds. The van der Waals surface area contributed by atoms with Crippen LogP contribution in [0, 0.1) is 17.0 Å². The summed E-state index contributed by atoms with van der Waals surface area (Å²) in [6.45, 7) is 1.36. The maximum absolute atomic E-state index is 10.7. The van der Waals surface area contributed by atoms with Gasteiger partial charge < -0.3 is 15.9 Å². The number of hydrogen-bond donors (Lipinski definition) is 3. The van der Waals surface area contributed by atoms with Crippen LogP contribution >= 0.6 is 11.6 Å². The average Bonchev–Trinajstić information content (AvgIpc) is 2.26. The number of aliphatic hydroxyl groups excluding tert-OH is 2. The molecular formula is C9H12ClN3O4. The Morgan fingerprint density at radius 1 is 1.65 bits per heavy atom. The van der Waals surface area contributed by atoms with Gasteiger partial charge in [0, 0.05) is 23.9 Å². The van der Waals surface area contributed by atoms with Crippen LogP contribution in [-0.4, -0.2) is 32.8 Å². The van der Waals surface area contributed by atoms with Crippen LogP contribution in [0.4, 0.5) is 5.69 Å². The number of halogens is 1. The van der Waals surface area contributed by atoms with Crippen LogP contribution in [0.1, 0.15) is 17.4 Å². The first kappa shape index (κ1) is 13.8. The summed E-state index contributed by atoms with van der Waals surface area (Å²) in [5.74, 6) is 0. The Hall–Kier alpha value is -1.28.